The van der Waals surface area contributed by atoms with Gasteiger partial charge in [0.25, 0.3) is 5.69 Å². The van der Waals surface area contributed by atoms with Crippen LogP contribution in [0.15, 0.2) is 29.5 Å². The van der Waals surface area contributed by atoms with Crippen molar-refractivity contribution in [1.29, 1.82) is 0 Å². The molecular formula is C17H23CuN5OS2+. The maximum atomic E-state index is 9.77. The smallest absolute Gasteiger partial charge is 0.753 e. The van der Waals surface area contributed by atoms with Crippen LogP contribution >= 0.6 is 24.4 Å². The normalized spacial score (nSPS) is 21.4. The molecule has 1 aromatic rings. The quantitative estimate of drug-likeness (QED) is 0.185. The Morgan fingerprint density at radius 1 is 1.31 bits per heavy atom. The van der Waals surface area contributed by atoms with Crippen molar-refractivity contribution in [2.24, 2.45) is 16.9 Å². The average Bonchev–Trinajstić information content (AvgIpc) is 2.94. The van der Waals surface area contributed by atoms with E-state index in [1.807, 2.05) is 19.1 Å². The molecule has 9 heteroatoms. The molecule has 2 bridgehead atoms. The molecular weight excluding hydrogens is 418 g/mol. The van der Waals surface area contributed by atoms with Crippen LogP contribution < -0.4 is 10.2 Å². The summed E-state index contributed by atoms with van der Waals surface area (Å²) in [5.74, 6) is 1.55. The molecule has 26 heavy (non-hydrogen) atoms. The van der Waals surface area contributed by atoms with Gasteiger partial charge in [0, 0.05) is 30.0 Å². The number of hydrogen-bond donors (Lipinski definition) is 2. The van der Waals surface area contributed by atoms with Crippen molar-refractivity contribution in [2.45, 2.75) is 32.6 Å². The fourth-order valence-electron chi connectivity index (χ4n) is 3.44. The van der Waals surface area contributed by atoms with Crippen LogP contribution in [-0.4, -0.2) is 39.2 Å². The van der Waals surface area contributed by atoms with E-state index in [0.29, 0.717) is 16.5 Å². The second-order valence-corrected chi connectivity index (χ2v) is 7.00. The van der Waals surface area contributed by atoms with E-state index in [2.05, 4.69) is 27.6 Å². The molecule has 2 saturated heterocycles. The van der Waals surface area contributed by atoms with Gasteiger partial charge in [0.2, 0.25) is 6.20 Å². The van der Waals surface area contributed by atoms with Crippen molar-refractivity contribution in [2.75, 3.05) is 13.1 Å². The standard InChI is InChI=1S/C16H22N4OS.CNS.Cu/c1-12(15-4-2-3-9-20(15)21)17-18-16(22)19-10-13-5-6-14(11-19)8-7-13;2-1-3;/h2-4,9,13-14,21H,5-8,10-11H2,1H3;;/q;-1;+1/p+1. The average molecular weight is 441 g/mol. The third kappa shape index (κ3) is 6.41. The van der Waals surface area contributed by atoms with Crippen LogP contribution in [0.4, 0.5) is 0 Å². The van der Waals surface area contributed by atoms with Gasteiger partial charge in [-0.1, -0.05) is 12.2 Å². The third-order valence-electron chi connectivity index (χ3n) is 4.74. The molecule has 0 aromatic carbocycles. The van der Waals surface area contributed by atoms with Gasteiger partial charge in [-0.15, -0.1) is 0 Å². The molecule has 3 fully saturated rings. The summed E-state index contributed by atoms with van der Waals surface area (Å²) in [5, 5.41) is 23.3. The number of pyridine rings is 1. The number of hydrazone groups is 1. The zero-order valence-electron chi connectivity index (χ0n) is 14.6. The molecule has 2 N–H and O–H groups in total. The Labute approximate surface area is 175 Å². The number of hydrogen-bond acceptors (Lipinski definition) is 4. The minimum absolute atomic E-state index is 0. The van der Waals surface area contributed by atoms with Crippen molar-refractivity contribution in [3.8, 4) is 0 Å². The zero-order valence-corrected chi connectivity index (χ0v) is 17.1. The predicted molar refractivity (Wildman–Crippen MR) is 105 cm³/mol. The molecule has 0 amide bonds. The van der Waals surface area contributed by atoms with Crippen molar-refractivity contribution in [1.82, 2.24) is 10.3 Å². The molecule has 1 saturated carbocycles. The molecule has 0 radical (unpaired) electrons. The van der Waals surface area contributed by atoms with Crippen LogP contribution in [0.1, 0.15) is 38.3 Å². The van der Waals surface area contributed by atoms with Gasteiger partial charge < -0.3 is 10.3 Å². The van der Waals surface area contributed by atoms with Gasteiger partial charge in [0.05, 0.1) is 0 Å². The first-order chi connectivity index (χ1) is 12.0. The summed E-state index contributed by atoms with van der Waals surface area (Å²) in [6.07, 6.45) is 6.92. The zero-order chi connectivity index (χ0) is 18.2. The van der Waals surface area contributed by atoms with Crippen LogP contribution in [0.25, 0.3) is 5.41 Å². The molecule has 144 valence electrons. The van der Waals surface area contributed by atoms with E-state index >= 15 is 0 Å². The molecule has 2 aliphatic heterocycles. The van der Waals surface area contributed by atoms with Gasteiger partial charge in [-0.25, -0.2) is 0 Å². The first-order valence-corrected chi connectivity index (χ1v) is 9.17. The maximum absolute atomic E-state index is 9.77. The fourth-order valence-corrected chi connectivity index (χ4v) is 3.64. The Bertz CT molecular complexity index is 657. The number of isothiocyanates is 1. The number of fused-ring (bicyclic) bond motifs is 4. The molecule has 0 atom stereocenters. The summed E-state index contributed by atoms with van der Waals surface area (Å²) in [7, 11) is 0. The van der Waals surface area contributed by atoms with E-state index in [-0.39, 0.29) is 17.1 Å². The van der Waals surface area contributed by atoms with Gasteiger partial charge >= 0.3 is 17.1 Å². The first-order valence-electron chi connectivity index (χ1n) is 8.36. The molecule has 1 aromatic heterocycles. The topological polar surface area (TPSA) is 74.0 Å². The molecule has 6 nitrogen and oxygen atoms in total. The summed E-state index contributed by atoms with van der Waals surface area (Å²) in [6.45, 7) is 3.94. The summed E-state index contributed by atoms with van der Waals surface area (Å²) in [5.41, 5.74) is 4.34. The molecule has 3 heterocycles. The van der Waals surface area contributed by atoms with E-state index in [1.54, 1.807) is 12.3 Å². The van der Waals surface area contributed by atoms with Gasteiger partial charge in [-0.05, 0) is 62.7 Å². The van der Waals surface area contributed by atoms with Crippen molar-refractivity contribution in [3.63, 3.8) is 0 Å². The summed E-state index contributed by atoms with van der Waals surface area (Å²) >= 11 is 9.21. The maximum Gasteiger partial charge on any atom is 1.00 e. The second-order valence-electron chi connectivity index (χ2n) is 6.43. The first kappa shape index (κ1) is 22.7. The van der Waals surface area contributed by atoms with E-state index in [1.165, 1.54) is 30.8 Å². The predicted octanol–water partition coefficient (Wildman–Crippen LogP) is 2.59. The van der Waals surface area contributed by atoms with Gasteiger partial charge in [-0.2, -0.15) is 10.3 Å². The van der Waals surface area contributed by atoms with E-state index in [9.17, 15) is 5.21 Å². The molecule has 0 unspecified atom stereocenters. The van der Waals surface area contributed by atoms with Crippen molar-refractivity contribution < 1.29 is 27.0 Å². The Morgan fingerprint density at radius 2 is 1.85 bits per heavy atom. The van der Waals surface area contributed by atoms with Gasteiger partial charge in [0.15, 0.2) is 5.11 Å². The number of aromatic nitrogens is 1. The molecule has 4 rings (SSSR count). The van der Waals surface area contributed by atoms with E-state index in [4.69, 9.17) is 17.6 Å². The third-order valence-corrected chi connectivity index (χ3v) is 5.09. The van der Waals surface area contributed by atoms with Crippen LogP contribution in [-0.2, 0) is 17.1 Å². The van der Waals surface area contributed by atoms with Crippen molar-refractivity contribution in [3.05, 3.63) is 35.5 Å². The Balaban J connectivity index is 0.000000791. The van der Waals surface area contributed by atoms with E-state index < -0.39 is 0 Å². The van der Waals surface area contributed by atoms with Crippen LogP contribution in [0.2, 0.25) is 0 Å². The van der Waals surface area contributed by atoms with Crippen LogP contribution in [0, 0.1) is 11.8 Å². The summed E-state index contributed by atoms with van der Waals surface area (Å²) in [4.78, 5) is 2.26. The molecule has 3 aliphatic rings. The minimum atomic E-state index is 0. The largest absolute Gasteiger partial charge is 1.00 e. The van der Waals surface area contributed by atoms with Crippen LogP contribution in [0.5, 0.6) is 0 Å². The monoisotopic (exact) mass is 440 g/mol. The minimum Gasteiger partial charge on any atom is -0.753 e. The van der Waals surface area contributed by atoms with Gasteiger partial charge in [0.1, 0.15) is 5.71 Å². The Hall–Kier alpha value is -1.37. The number of nitrogens with zero attached hydrogens (tertiary/aromatic N) is 4. The number of thiocarbonyl (C=S) groups is 2. The summed E-state index contributed by atoms with van der Waals surface area (Å²) in [6, 6.07) is 5.45. The van der Waals surface area contributed by atoms with Crippen LogP contribution in [0.3, 0.4) is 0 Å². The second kappa shape index (κ2) is 11.4. The molecule has 0 spiro atoms. The van der Waals surface area contributed by atoms with Crippen molar-refractivity contribution >= 4 is 40.4 Å². The fraction of sp³-hybridized carbons (Fsp3) is 0.529. The Kier molecular flexibility index (Phi) is 9.91. The van der Waals surface area contributed by atoms with E-state index in [0.717, 1.165) is 29.7 Å². The summed E-state index contributed by atoms with van der Waals surface area (Å²) < 4.78 is 1.07. The number of nitrogens with one attached hydrogen (secondary N) is 1. The molecule has 1 aliphatic carbocycles. The van der Waals surface area contributed by atoms with Gasteiger partial charge in [-0.3, -0.25) is 10.6 Å². The Morgan fingerprint density at radius 3 is 2.35 bits per heavy atom. The SMILES string of the molecule is CC(=NNC(=S)N1CC2CCC(CC2)C1)c1cccc[n+]1O.[Cu+].[N-]=C=S. The number of rotatable bonds is 2.